The minimum Gasteiger partial charge on any atom is -0.255 e. The van der Waals surface area contributed by atoms with E-state index in [1.54, 1.807) is 12.3 Å². The van der Waals surface area contributed by atoms with Crippen LogP contribution in [0.15, 0.2) is 195 Å². The summed E-state index contributed by atoms with van der Waals surface area (Å²) < 4.78 is 0. The molecular weight excluding hydrogens is 673 g/mol. The number of benzene rings is 4. The molecule has 6 nitrogen and oxygen atoms in total. The van der Waals surface area contributed by atoms with Gasteiger partial charge in [-0.3, -0.25) is 9.97 Å². The zero-order valence-corrected chi connectivity index (χ0v) is 30.3. The maximum absolute atomic E-state index is 5.05. The number of aromatic nitrogens is 6. The van der Waals surface area contributed by atoms with Crippen molar-refractivity contribution in [2.75, 3.05) is 0 Å². The van der Waals surface area contributed by atoms with Gasteiger partial charge in [0.15, 0.2) is 17.5 Å². The molecule has 4 heterocycles. The van der Waals surface area contributed by atoms with Crippen LogP contribution in [-0.4, -0.2) is 29.9 Å². The van der Waals surface area contributed by atoms with Crippen molar-refractivity contribution in [3.8, 4) is 79.2 Å². The molecular formula is C49H36N6. The van der Waals surface area contributed by atoms with Gasteiger partial charge < -0.3 is 0 Å². The van der Waals surface area contributed by atoms with Gasteiger partial charge in [0, 0.05) is 29.1 Å². The molecule has 0 saturated heterocycles. The summed E-state index contributed by atoms with van der Waals surface area (Å²) in [6, 6.07) is 51.0. The average molecular weight is 709 g/mol. The summed E-state index contributed by atoms with van der Waals surface area (Å²) in [5, 5.41) is 0. The van der Waals surface area contributed by atoms with Crippen LogP contribution in [0.25, 0.3) is 84.8 Å². The predicted octanol–water partition coefficient (Wildman–Crippen LogP) is 11.9. The fraction of sp³-hybridized carbons (Fsp3) is 0.0204. The van der Waals surface area contributed by atoms with E-state index < -0.39 is 0 Å². The molecule has 4 aromatic carbocycles. The van der Waals surface area contributed by atoms with Crippen LogP contribution in [0.4, 0.5) is 0 Å². The van der Waals surface area contributed by atoms with Gasteiger partial charge in [-0.25, -0.2) is 19.9 Å². The van der Waals surface area contributed by atoms with E-state index in [4.69, 9.17) is 24.9 Å². The van der Waals surface area contributed by atoms with Crippen LogP contribution in [0.3, 0.4) is 0 Å². The third-order valence-corrected chi connectivity index (χ3v) is 9.20. The fourth-order valence-electron chi connectivity index (χ4n) is 6.38. The number of hydrogen-bond donors (Lipinski definition) is 0. The zero-order chi connectivity index (χ0) is 37.4. The molecule has 0 amide bonds. The monoisotopic (exact) mass is 708 g/mol. The fourth-order valence-corrected chi connectivity index (χ4v) is 6.38. The second-order valence-electron chi connectivity index (χ2n) is 12.9. The van der Waals surface area contributed by atoms with Crippen LogP contribution in [0, 0.1) is 0 Å². The molecule has 0 saturated carbocycles. The largest absolute Gasteiger partial charge is 0.255 e. The highest BCUT2D eigenvalue weighted by Crippen LogP contribution is 2.35. The van der Waals surface area contributed by atoms with Gasteiger partial charge in [-0.2, -0.15) is 0 Å². The molecule has 0 aliphatic carbocycles. The van der Waals surface area contributed by atoms with E-state index in [2.05, 4.69) is 85.2 Å². The van der Waals surface area contributed by atoms with Crippen molar-refractivity contribution in [3.63, 3.8) is 0 Å². The third-order valence-electron chi connectivity index (χ3n) is 9.20. The van der Waals surface area contributed by atoms with Gasteiger partial charge in [-0.15, -0.1) is 0 Å². The smallest absolute Gasteiger partial charge is 0.164 e. The molecule has 55 heavy (non-hydrogen) atoms. The molecule has 0 fully saturated rings. The molecule has 4 aromatic heterocycles. The van der Waals surface area contributed by atoms with Gasteiger partial charge in [0.05, 0.1) is 22.8 Å². The minimum atomic E-state index is 0.610. The molecule has 0 radical (unpaired) electrons. The molecule has 0 aliphatic rings. The lowest BCUT2D eigenvalue weighted by molar-refractivity contribution is 1.07. The van der Waals surface area contributed by atoms with Crippen molar-refractivity contribution in [1.82, 2.24) is 29.9 Å². The van der Waals surface area contributed by atoms with Crippen LogP contribution in [0.2, 0.25) is 0 Å². The van der Waals surface area contributed by atoms with Gasteiger partial charge in [0.2, 0.25) is 0 Å². The van der Waals surface area contributed by atoms with E-state index in [1.807, 2.05) is 109 Å². The first-order chi connectivity index (χ1) is 27.1. The molecule has 8 aromatic rings. The number of nitrogens with zero attached hydrogens (tertiary/aromatic N) is 6. The summed E-state index contributed by atoms with van der Waals surface area (Å²) in [6.07, 6.45) is 11.4. The number of pyridine rings is 3. The Labute approximate surface area is 321 Å². The summed E-state index contributed by atoms with van der Waals surface area (Å²) in [5.41, 5.74) is 12.1. The summed E-state index contributed by atoms with van der Waals surface area (Å²) in [6.45, 7) is 5.88. The zero-order valence-electron chi connectivity index (χ0n) is 30.3. The highest BCUT2D eigenvalue weighted by molar-refractivity contribution is 5.84. The van der Waals surface area contributed by atoms with Gasteiger partial charge in [0.1, 0.15) is 0 Å². The van der Waals surface area contributed by atoms with E-state index in [0.29, 0.717) is 17.5 Å². The van der Waals surface area contributed by atoms with Crippen LogP contribution >= 0.6 is 0 Å². The van der Waals surface area contributed by atoms with Crippen LogP contribution < -0.4 is 0 Å². The van der Waals surface area contributed by atoms with Gasteiger partial charge in [-0.1, -0.05) is 140 Å². The minimum absolute atomic E-state index is 0.610. The molecule has 0 aliphatic heterocycles. The van der Waals surface area contributed by atoms with E-state index in [-0.39, 0.29) is 0 Å². The van der Waals surface area contributed by atoms with E-state index in [1.165, 1.54) is 0 Å². The lowest BCUT2D eigenvalue weighted by atomic mass is 9.95. The molecule has 0 spiro atoms. The van der Waals surface area contributed by atoms with Crippen molar-refractivity contribution in [1.29, 1.82) is 0 Å². The van der Waals surface area contributed by atoms with Gasteiger partial charge in [0.25, 0.3) is 0 Å². The lowest BCUT2D eigenvalue weighted by Gasteiger charge is -2.13. The van der Waals surface area contributed by atoms with E-state index in [0.717, 1.165) is 72.9 Å². The maximum atomic E-state index is 5.05. The number of hydrogen-bond acceptors (Lipinski definition) is 6. The first kappa shape index (κ1) is 34.6. The summed E-state index contributed by atoms with van der Waals surface area (Å²) in [5.74, 6) is 1.86. The summed E-state index contributed by atoms with van der Waals surface area (Å²) in [4.78, 5) is 29.4. The predicted molar refractivity (Wildman–Crippen MR) is 224 cm³/mol. The number of rotatable bonds is 10. The van der Waals surface area contributed by atoms with Gasteiger partial charge in [-0.05, 0) is 82.8 Å². The van der Waals surface area contributed by atoms with Crippen LogP contribution in [-0.2, 0) is 0 Å². The van der Waals surface area contributed by atoms with Crippen molar-refractivity contribution in [2.24, 2.45) is 0 Å². The maximum Gasteiger partial charge on any atom is 0.164 e. The Kier molecular flexibility index (Phi) is 10.1. The molecule has 6 heteroatoms. The lowest BCUT2D eigenvalue weighted by Crippen LogP contribution is -2.01. The molecule has 0 N–H and O–H groups in total. The number of allylic oxidation sites excluding steroid dienone is 5. The quantitative estimate of drug-likeness (QED) is 0.132. The van der Waals surface area contributed by atoms with Crippen molar-refractivity contribution >= 4 is 5.57 Å². The molecule has 0 atom stereocenters. The second-order valence-corrected chi connectivity index (χ2v) is 12.9. The Hall–Kier alpha value is -7.44. The van der Waals surface area contributed by atoms with Crippen molar-refractivity contribution < 1.29 is 0 Å². The first-order valence-electron chi connectivity index (χ1n) is 18.1. The van der Waals surface area contributed by atoms with Gasteiger partial charge >= 0.3 is 0 Å². The van der Waals surface area contributed by atoms with Crippen LogP contribution in [0.5, 0.6) is 0 Å². The van der Waals surface area contributed by atoms with Crippen molar-refractivity contribution in [3.05, 3.63) is 200 Å². The molecule has 262 valence electrons. The van der Waals surface area contributed by atoms with Crippen molar-refractivity contribution in [2.45, 2.75) is 6.92 Å². The summed E-state index contributed by atoms with van der Waals surface area (Å²) in [7, 11) is 0. The van der Waals surface area contributed by atoms with E-state index in [9.17, 15) is 0 Å². The Bertz CT molecular complexity index is 2610. The Balaban J connectivity index is 1.20. The molecule has 0 unspecified atom stereocenters. The normalized spacial score (nSPS) is 11.5. The Morgan fingerprint density at radius 2 is 1.02 bits per heavy atom. The van der Waals surface area contributed by atoms with E-state index >= 15 is 0 Å². The van der Waals surface area contributed by atoms with Crippen LogP contribution in [0.1, 0.15) is 12.5 Å². The second kappa shape index (κ2) is 16.1. The first-order valence-corrected chi connectivity index (χ1v) is 18.1. The molecule has 0 bridgehead atoms. The SMILES string of the molecule is C=C/C=C\C=C(/C)c1cc(-c2ccccn2)nc(-c2cc(-c3cccc(-c4ccccc4-c4nc(-c5ccccc5)nc(-c5ccccc5)n4)c3)ccn2)c1. The Morgan fingerprint density at radius 1 is 0.436 bits per heavy atom. The highest BCUT2D eigenvalue weighted by Gasteiger charge is 2.17. The average Bonchev–Trinajstić information content (AvgIpc) is 3.27. The third kappa shape index (κ3) is 7.84. The Morgan fingerprint density at radius 3 is 1.71 bits per heavy atom. The standard InChI is InChI=1S/C49H36N6/c1-3-4-7-17-34(2)40-32-45(43-26-14-15-28-50-43)52-46(33-40)44-31-38(27-29-51-44)37-22-16-23-39(30-37)41-24-12-13-25-42(41)49-54-47(35-18-8-5-9-19-35)53-48(55-49)36-20-10-6-11-21-36/h3-33H,1H2,2H3/b7-4-,34-17+. The highest BCUT2D eigenvalue weighted by atomic mass is 15.0. The summed E-state index contributed by atoms with van der Waals surface area (Å²) >= 11 is 0. The molecule has 8 rings (SSSR count). The topological polar surface area (TPSA) is 77.3 Å².